The summed E-state index contributed by atoms with van der Waals surface area (Å²) < 4.78 is 1.01. The Bertz CT molecular complexity index is 362. The number of nitrogens with zero attached hydrogens (tertiary/aromatic N) is 1. The van der Waals surface area contributed by atoms with Crippen molar-refractivity contribution in [3.05, 3.63) is 20.8 Å². The molecule has 0 radical (unpaired) electrons. The predicted octanol–water partition coefficient (Wildman–Crippen LogP) is 3.51. The van der Waals surface area contributed by atoms with Crippen molar-refractivity contribution in [2.24, 2.45) is 0 Å². The maximum absolute atomic E-state index is 12.1. The normalized spacial score (nSPS) is 15.3. The second-order valence-electron chi connectivity index (χ2n) is 3.52. The van der Waals surface area contributed by atoms with Crippen molar-refractivity contribution in [1.82, 2.24) is 4.90 Å². The van der Waals surface area contributed by atoms with Gasteiger partial charge in [-0.3, -0.25) is 4.79 Å². The number of carbonyl (C=O) groups excluding carboxylic acids is 1. The quantitative estimate of drug-likeness (QED) is 0.759. The van der Waals surface area contributed by atoms with E-state index in [9.17, 15) is 4.79 Å². The maximum atomic E-state index is 12.1. The number of halogens is 2. The highest BCUT2D eigenvalue weighted by Crippen LogP contribution is 2.30. The van der Waals surface area contributed by atoms with Crippen LogP contribution in [0, 0.1) is 0 Å². The van der Waals surface area contributed by atoms with Gasteiger partial charge in [0, 0.05) is 17.9 Å². The van der Waals surface area contributed by atoms with E-state index in [1.165, 1.54) is 11.3 Å². The molecular weight excluding hydrogens is 342 g/mol. The van der Waals surface area contributed by atoms with Gasteiger partial charge in [0.25, 0.3) is 5.91 Å². The van der Waals surface area contributed by atoms with E-state index in [4.69, 9.17) is 0 Å². The Morgan fingerprint density at radius 2 is 2.27 bits per heavy atom. The van der Waals surface area contributed by atoms with Gasteiger partial charge in [0.2, 0.25) is 0 Å². The molecule has 0 atom stereocenters. The van der Waals surface area contributed by atoms with Crippen LogP contribution < -0.4 is 0 Å². The highest BCUT2D eigenvalue weighted by molar-refractivity contribution is 9.11. The molecule has 0 spiro atoms. The largest absolute Gasteiger partial charge is 0.334 e. The van der Waals surface area contributed by atoms with Crippen LogP contribution >= 0.6 is 43.2 Å². The fourth-order valence-electron chi connectivity index (χ4n) is 1.50. The summed E-state index contributed by atoms with van der Waals surface area (Å²) in [5.74, 6) is 0.174. The van der Waals surface area contributed by atoms with Gasteiger partial charge in [-0.25, -0.2) is 0 Å². The molecule has 0 aliphatic heterocycles. The molecule has 1 heterocycles. The smallest absolute Gasteiger partial charge is 0.264 e. The van der Waals surface area contributed by atoms with E-state index in [-0.39, 0.29) is 5.91 Å². The first-order valence-electron chi connectivity index (χ1n) is 4.84. The van der Waals surface area contributed by atoms with Crippen molar-refractivity contribution in [2.45, 2.75) is 18.9 Å². The highest BCUT2D eigenvalue weighted by Gasteiger charge is 2.32. The summed E-state index contributed by atoms with van der Waals surface area (Å²) in [6.45, 7) is 0.805. The van der Waals surface area contributed by atoms with Crippen LogP contribution in [-0.2, 0) is 0 Å². The monoisotopic (exact) mass is 351 g/mol. The molecule has 0 N–H and O–H groups in total. The van der Waals surface area contributed by atoms with E-state index < -0.39 is 0 Å². The molecule has 0 unspecified atom stereocenters. The minimum atomic E-state index is 0.174. The molecule has 1 aromatic rings. The maximum Gasteiger partial charge on any atom is 0.264 e. The summed E-state index contributed by atoms with van der Waals surface area (Å²) in [4.78, 5) is 14.9. The van der Waals surface area contributed by atoms with Gasteiger partial charge in [0.1, 0.15) is 0 Å². The number of hydrogen-bond donors (Lipinski definition) is 0. The van der Waals surface area contributed by atoms with Crippen molar-refractivity contribution in [3.63, 3.8) is 0 Å². The molecule has 1 aliphatic carbocycles. The minimum absolute atomic E-state index is 0.174. The molecule has 1 aromatic heterocycles. The molecule has 1 aliphatic rings. The molecule has 1 amide bonds. The van der Waals surface area contributed by atoms with Crippen molar-refractivity contribution in [2.75, 3.05) is 11.9 Å². The average Bonchev–Trinajstić information content (AvgIpc) is 2.96. The molecular formula is C10H11Br2NOS. The number of hydrogen-bond acceptors (Lipinski definition) is 2. The second-order valence-corrected chi connectivity index (χ2v) is 6.78. The Morgan fingerprint density at radius 3 is 2.73 bits per heavy atom. The highest BCUT2D eigenvalue weighted by atomic mass is 79.9. The van der Waals surface area contributed by atoms with Crippen molar-refractivity contribution < 1.29 is 4.79 Å². The van der Waals surface area contributed by atoms with Crippen molar-refractivity contribution in [3.8, 4) is 0 Å². The summed E-state index contributed by atoms with van der Waals surface area (Å²) in [5.41, 5.74) is 0. The summed E-state index contributed by atoms with van der Waals surface area (Å²) in [7, 11) is 0. The lowest BCUT2D eigenvalue weighted by Crippen LogP contribution is -2.34. The summed E-state index contributed by atoms with van der Waals surface area (Å²) in [6.07, 6.45) is 2.32. The SMILES string of the molecule is O=C(c1ccc(Br)s1)N(CCBr)C1CC1. The Labute approximate surface area is 110 Å². The van der Waals surface area contributed by atoms with E-state index in [0.29, 0.717) is 6.04 Å². The third kappa shape index (κ3) is 2.82. The van der Waals surface area contributed by atoms with Crippen LogP contribution in [0.2, 0.25) is 0 Å². The van der Waals surface area contributed by atoms with Gasteiger partial charge in [-0.05, 0) is 40.9 Å². The second kappa shape index (κ2) is 4.97. The fourth-order valence-corrected chi connectivity index (χ4v) is 3.22. The number of alkyl halides is 1. The zero-order valence-corrected chi connectivity index (χ0v) is 12.1. The Kier molecular flexibility index (Phi) is 3.85. The number of carbonyl (C=O) groups is 1. The van der Waals surface area contributed by atoms with Crippen LogP contribution in [-0.4, -0.2) is 28.7 Å². The molecule has 2 nitrogen and oxygen atoms in total. The lowest BCUT2D eigenvalue weighted by atomic mass is 10.4. The minimum Gasteiger partial charge on any atom is -0.334 e. The van der Waals surface area contributed by atoms with E-state index in [1.807, 2.05) is 17.0 Å². The van der Waals surface area contributed by atoms with Crippen molar-refractivity contribution >= 4 is 49.1 Å². The van der Waals surface area contributed by atoms with E-state index in [2.05, 4.69) is 31.9 Å². The lowest BCUT2D eigenvalue weighted by molar-refractivity contribution is 0.0759. The first kappa shape index (κ1) is 11.6. The average molecular weight is 353 g/mol. The van der Waals surface area contributed by atoms with Crippen LogP contribution in [0.3, 0.4) is 0 Å². The van der Waals surface area contributed by atoms with Gasteiger partial charge < -0.3 is 4.90 Å². The predicted molar refractivity (Wildman–Crippen MR) is 69.9 cm³/mol. The Hall–Kier alpha value is 0.130. The molecule has 1 fully saturated rings. The summed E-state index contributed by atoms with van der Waals surface area (Å²) in [5, 5.41) is 0.849. The standard InChI is InChI=1S/C10H11Br2NOS/c11-5-6-13(7-1-2-7)10(14)8-3-4-9(12)15-8/h3-4,7H,1-2,5-6H2. The molecule has 82 valence electrons. The molecule has 5 heteroatoms. The molecule has 1 saturated carbocycles. The molecule has 0 aromatic carbocycles. The van der Waals surface area contributed by atoms with E-state index in [0.717, 1.165) is 33.4 Å². The molecule has 15 heavy (non-hydrogen) atoms. The fraction of sp³-hybridized carbons (Fsp3) is 0.500. The summed E-state index contributed by atoms with van der Waals surface area (Å²) in [6, 6.07) is 4.30. The Balaban J connectivity index is 2.10. The van der Waals surface area contributed by atoms with Gasteiger partial charge in [0.15, 0.2) is 0 Å². The number of rotatable bonds is 4. The third-order valence-electron chi connectivity index (χ3n) is 2.36. The molecule has 2 rings (SSSR count). The number of thiophene rings is 1. The van der Waals surface area contributed by atoms with Gasteiger partial charge in [-0.2, -0.15) is 0 Å². The zero-order chi connectivity index (χ0) is 10.8. The molecule has 0 saturated heterocycles. The van der Waals surface area contributed by atoms with Crippen LogP contribution in [0.1, 0.15) is 22.5 Å². The molecule has 0 bridgehead atoms. The Morgan fingerprint density at radius 1 is 1.53 bits per heavy atom. The van der Waals surface area contributed by atoms with Crippen molar-refractivity contribution in [1.29, 1.82) is 0 Å². The van der Waals surface area contributed by atoms with Crippen LogP contribution in [0.5, 0.6) is 0 Å². The van der Waals surface area contributed by atoms with E-state index in [1.54, 1.807) is 0 Å². The van der Waals surface area contributed by atoms with Crippen LogP contribution in [0.25, 0.3) is 0 Å². The van der Waals surface area contributed by atoms with Gasteiger partial charge >= 0.3 is 0 Å². The first-order valence-corrected chi connectivity index (χ1v) is 7.57. The third-order valence-corrected chi connectivity index (χ3v) is 4.32. The summed E-state index contributed by atoms with van der Waals surface area (Å²) >= 11 is 8.28. The van der Waals surface area contributed by atoms with Gasteiger partial charge in [0.05, 0.1) is 8.66 Å². The number of amides is 1. The van der Waals surface area contributed by atoms with Crippen LogP contribution in [0.15, 0.2) is 15.9 Å². The van der Waals surface area contributed by atoms with E-state index >= 15 is 0 Å². The van der Waals surface area contributed by atoms with Gasteiger partial charge in [-0.15, -0.1) is 11.3 Å². The van der Waals surface area contributed by atoms with Gasteiger partial charge in [-0.1, -0.05) is 15.9 Å². The topological polar surface area (TPSA) is 20.3 Å². The first-order chi connectivity index (χ1) is 7.22. The zero-order valence-electron chi connectivity index (χ0n) is 8.08. The van der Waals surface area contributed by atoms with Crippen LogP contribution in [0.4, 0.5) is 0 Å². The lowest BCUT2D eigenvalue weighted by Gasteiger charge is -2.20.